The van der Waals surface area contributed by atoms with E-state index in [1.807, 2.05) is 13.0 Å². The highest BCUT2D eigenvalue weighted by Crippen LogP contribution is 2.27. The van der Waals surface area contributed by atoms with Crippen LogP contribution in [0.5, 0.6) is 0 Å². The Balaban J connectivity index is 2.18. The molecule has 0 spiro atoms. The predicted molar refractivity (Wildman–Crippen MR) is 79.2 cm³/mol. The van der Waals surface area contributed by atoms with Crippen molar-refractivity contribution < 1.29 is 10.0 Å². The van der Waals surface area contributed by atoms with Crippen molar-refractivity contribution in [2.75, 3.05) is 11.9 Å². The molecule has 0 saturated carbocycles. The third-order valence-electron chi connectivity index (χ3n) is 3.36. The molecule has 0 amide bonds. The van der Waals surface area contributed by atoms with Crippen LogP contribution >= 0.6 is 0 Å². The molecule has 2 rings (SSSR count). The molecular formula is C14H18N4O3. The van der Waals surface area contributed by atoms with Gasteiger partial charge < -0.3 is 10.4 Å². The molecule has 0 saturated heterocycles. The zero-order valence-corrected chi connectivity index (χ0v) is 12.0. The number of nitro benzene ring substituents is 1. The number of benzene rings is 1. The van der Waals surface area contributed by atoms with Gasteiger partial charge in [-0.1, -0.05) is 12.1 Å². The largest absolute Gasteiger partial charge is 0.394 e. The lowest BCUT2D eigenvalue weighted by Gasteiger charge is -2.16. The van der Waals surface area contributed by atoms with Crippen LogP contribution in [0.2, 0.25) is 0 Å². The van der Waals surface area contributed by atoms with E-state index in [2.05, 4.69) is 10.4 Å². The number of aliphatic hydroxyl groups excluding tert-OH is 1. The van der Waals surface area contributed by atoms with E-state index >= 15 is 0 Å². The van der Waals surface area contributed by atoms with Crippen molar-refractivity contribution in [1.82, 2.24) is 9.78 Å². The van der Waals surface area contributed by atoms with Crippen LogP contribution in [0.25, 0.3) is 0 Å². The van der Waals surface area contributed by atoms with Crippen LogP contribution in [0, 0.1) is 17.0 Å². The second-order valence-electron chi connectivity index (χ2n) is 4.83. The molecule has 21 heavy (non-hydrogen) atoms. The van der Waals surface area contributed by atoms with Gasteiger partial charge in [-0.25, -0.2) is 0 Å². The highest BCUT2D eigenvalue weighted by Gasteiger charge is 2.17. The van der Waals surface area contributed by atoms with Crippen LogP contribution < -0.4 is 5.32 Å². The first-order valence-electron chi connectivity index (χ1n) is 6.66. The molecule has 0 bridgehead atoms. The molecule has 0 radical (unpaired) electrons. The zero-order chi connectivity index (χ0) is 15.4. The van der Waals surface area contributed by atoms with Gasteiger partial charge in [-0.3, -0.25) is 14.8 Å². The zero-order valence-electron chi connectivity index (χ0n) is 12.0. The van der Waals surface area contributed by atoms with Gasteiger partial charge in [-0.05, 0) is 19.4 Å². The molecular weight excluding hydrogens is 272 g/mol. The minimum absolute atomic E-state index is 0.0284. The lowest BCUT2D eigenvalue weighted by atomic mass is 10.0. The van der Waals surface area contributed by atoms with Gasteiger partial charge in [0.1, 0.15) is 0 Å². The van der Waals surface area contributed by atoms with Crippen molar-refractivity contribution >= 4 is 11.4 Å². The maximum atomic E-state index is 11.0. The van der Waals surface area contributed by atoms with Crippen LogP contribution in [-0.2, 0) is 6.54 Å². The molecule has 1 aromatic heterocycles. The van der Waals surface area contributed by atoms with Crippen molar-refractivity contribution in [1.29, 1.82) is 0 Å². The van der Waals surface area contributed by atoms with Crippen LogP contribution in [0.4, 0.5) is 11.4 Å². The molecule has 0 aliphatic carbocycles. The SMILES string of the molecule is Cc1c(C(C)Nc2cnn(CCO)c2)cccc1[N+](=O)[O-]. The van der Waals surface area contributed by atoms with Crippen molar-refractivity contribution in [2.24, 2.45) is 0 Å². The number of aromatic nitrogens is 2. The Morgan fingerprint density at radius 3 is 2.95 bits per heavy atom. The molecule has 7 nitrogen and oxygen atoms in total. The van der Waals surface area contributed by atoms with Crippen molar-refractivity contribution in [2.45, 2.75) is 26.4 Å². The third kappa shape index (κ3) is 3.38. The number of nitrogens with one attached hydrogen (secondary N) is 1. The topological polar surface area (TPSA) is 93.2 Å². The summed E-state index contributed by atoms with van der Waals surface area (Å²) in [4.78, 5) is 10.6. The van der Waals surface area contributed by atoms with Crippen LogP contribution in [0.3, 0.4) is 0 Å². The second-order valence-corrected chi connectivity index (χ2v) is 4.83. The Kier molecular flexibility index (Phi) is 4.54. The maximum absolute atomic E-state index is 11.0. The molecule has 0 aliphatic rings. The van der Waals surface area contributed by atoms with Gasteiger partial charge >= 0.3 is 0 Å². The number of hydrogen-bond donors (Lipinski definition) is 2. The fraction of sp³-hybridized carbons (Fsp3) is 0.357. The summed E-state index contributed by atoms with van der Waals surface area (Å²) < 4.78 is 1.63. The molecule has 0 aliphatic heterocycles. The number of nitro groups is 1. The van der Waals surface area contributed by atoms with Gasteiger partial charge in [0.2, 0.25) is 0 Å². The normalized spacial score (nSPS) is 12.1. The molecule has 1 aromatic carbocycles. The van der Waals surface area contributed by atoms with Gasteiger partial charge in [0.05, 0.1) is 30.0 Å². The van der Waals surface area contributed by atoms with E-state index in [1.54, 1.807) is 30.1 Å². The summed E-state index contributed by atoms with van der Waals surface area (Å²) in [5.74, 6) is 0. The number of rotatable bonds is 6. The molecule has 0 fully saturated rings. The lowest BCUT2D eigenvalue weighted by Crippen LogP contribution is -2.09. The van der Waals surface area contributed by atoms with E-state index in [0.717, 1.165) is 11.3 Å². The number of aliphatic hydroxyl groups is 1. The van der Waals surface area contributed by atoms with E-state index in [0.29, 0.717) is 12.1 Å². The monoisotopic (exact) mass is 290 g/mol. The molecule has 1 heterocycles. The highest BCUT2D eigenvalue weighted by atomic mass is 16.6. The highest BCUT2D eigenvalue weighted by molar-refractivity contribution is 5.49. The van der Waals surface area contributed by atoms with Gasteiger partial charge in [0.25, 0.3) is 5.69 Å². The molecule has 7 heteroatoms. The average Bonchev–Trinajstić information content (AvgIpc) is 2.86. The summed E-state index contributed by atoms with van der Waals surface area (Å²) in [6, 6.07) is 4.98. The summed E-state index contributed by atoms with van der Waals surface area (Å²) in [7, 11) is 0. The van der Waals surface area contributed by atoms with Crippen LogP contribution in [0.15, 0.2) is 30.6 Å². The van der Waals surface area contributed by atoms with E-state index in [-0.39, 0.29) is 23.3 Å². The maximum Gasteiger partial charge on any atom is 0.272 e. The fourth-order valence-electron chi connectivity index (χ4n) is 2.30. The van der Waals surface area contributed by atoms with Crippen molar-refractivity contribution in [3.8, 4) is 0 Å². The third-order valence-corrected chi connectivity index (χ3v) is 3.36. The molecule has 2 N–H and O–H groups in total. The van der Waals surface area contributed by atoms with E-state index in [9.17, 15) is 10.1 Å². The van der Waals surface area contributed by atoms with Crippen LogP contribution in [-0.4, -0.2) is 26.4 Å². The summed E-state index contributed by atoms with van der Waals surface area (Å²) in [5.41, 5.74) is 2.46. The van der Waals surface area contributed by atoms with Crippen LogP contribution in [0.1, 0.15) is 24.1 Å². The van der Waals surface area contributed by atoms with Gasteiger partial charge in [0, 0.05) is 23.9 Å². The first-order valence-corrected chi connectivity index (χ1v) is 6.66. The molecule has 2 aromatic rings. The average molecular weight is 290 g/mol. The first-order chi connectivity index (χ1) is 10.0. The Morgan fingerprint density at radius 1 is 1.52 bits per heavy atom. The first kappa shape index (κ1) is 15.0. The summed E-state index contributed by atoms with van der Waals surface area (Å²) >= 11 is 0. The summed E-state index contributed by atoms with van der Waals surface area (Å²) in [5, 5.41) is 27.2. The summed E-state index contributed by atoms with van der Waals surface area (Å²) in [6.07, 6.45) is 3.46. The minimum Gasteiger partial charge on any atom is -0.394 e. The molecule has 112 valence electrons. The predicted octanol–water partition coefficient (Wildman–Crippen LogP) is 2.27. The lowest BCUT2D eigenvalue weighted by molar-refractivity contribution is -0.385. The number of hydrogen-bond acceptors (Lipinski definition) is 5. The summed E-state index contributed by atoms with van der Waals surface area (Å²) in [6.45, 7) is 4.16. The van der Waals surface area contributed by atoms with E-state index < -0.39 is 0 Å². The van der Waals surface area contributed by atoms with Gasteiger partial charge in [-0.2, -0.15) is 5.10 Å². The van der Waals surface area contributed by atoms with E-state index in [1.165, 1.54) is 6.07 Å². The molecule has 1 atom stereocenters. The Labute approximate surface area is 122 Å². The Morgan fingerprint density at radius 2 is 2.29 bits per heavy atom. The van der Waals surface area contributed by atoms with Crippen molar-refractivity contribution in [3.05, 3.63) is 51.8 Å². The Hall–Kier alpha value is -2.41. The standard InChI is InChI=1S/C14H18N4O3/c1-10-13(4-3-5-14(10)18(20)21)11(2)16-12-8-15-17(9-12)6-7-19/h3-5,8-9,11,16,19H,6-7H2,1-2H3. The van der Waals surface area contributed by atoms with Gasteiger partial charge in [0.15, 0.2) is 0 Å². The minimum atomic E-state index is -0.370. The molecule has 1 unspecified atom stereocenters. The number of anilines is 1. The second kappa shape index (κ2) is 6.36. The quantitative estimate of drug-likeness (QED) is 0.628. The van der Waals surface area contributed by atoms with Crippen molar-refractivity contribution in [3.63, 3.8) is 0 Å². The fourth-order valence-corrected chi connectivity index (χ4v) is 2.30. The van der Waals surface area contributed by atoms with E-state index in [4.69, 9.17) is 5.11 Å². The Bertz CT molecular complexity index is 639. The number of nitrogens with zero attached hydrogens (tertiary/aromatic N) is 3. The smallest absolute Gasteiger partial charge is 0.272 e. The van der Waals surface area contributed by atoms with Gasteiger partial charge in [-0.15, -0.1) is 0 Å².